The van der Waals surface area contributed by atoms with Gasteiger partial charge in [0.25, 0.3) is 0 Å². The molecular weight excluding hydrogens is 403 g/mol. The van der Waals surface area contributed by atoms with Crippen molar-refractivity contribution in [1.29, 1.82) is 0 Å². The zero-order chi connectivity index (χ0) is 21.6. The Hall–Kier alpha value is -2.59. The number of halogens is 1. The van der Waals surface area contributed by atoms with Gasteiger partial charge in [-0.3, -0.25) is 0 Å². The zero-order valence-electron chi connectivity index (χ0n) is 18.1. The number of allylic oxidation sites excluding steroid dienone is 2. The van der Waals surface area contributed by atoms with Crippen molar-refractivity contribution in [3.63, 3.8) is 0 Å². The van der Waals surface area contributed by atoms with Crippen molar-refractivity contribution in [2.45, 2.75) is 44.4 Å². The van der Waals surface area contributed by atoms with Gasteiger partial charge in [0.2, 0.25) is 0 Å². The quantitative estimate of drug-likeness (QED) is 0.393. The van der Waals surface area contributed by atoms with Gasteiger partial charge in [-0.05, 0) is 96.4 Å². The Morgan fingerprint density at radius 1 is 1.23 bits per heavy atom. The van der Waals surface area contributed by atoms with Crippen molar-refractivity contribution >= 4 is 17.8 Å². The maximum Gasteiger partial charge on any atom is 0.123 e. The minimum Gasteiger partial charge on any atom is -0.233 e. The number of thioether (sulfide) groups is 1. The van der Waals surface area contributed by atoms with E-state index >= 15 is 0 Å². The van der Waals surface area contributed by atoms with Crippen molar-refractivity contribution in [2.24, 2.45) is 11.3 Å². The third-order valence-corrected chi connectivity index (χ3v) is 8.18. The lowest BCUT2D eigenvalue weighted by atomic mass is 9.69. The Bertz CT molecular complexity index is 1170. The van der Waals surface area contributed by atoms with E-state index in [9.17, 15) is 4.39 Å². The molecule has 2 aromatic carbocycles. The highest BCUT2D eigenvalue weighted by molar-refractivity contribution is 8.03. The van der Waals surface area contributed by atoms with E-state index in [2.05, 4.69) is 55.9 Å². The van der Waals surface area contributed by atoms with Crippen LogP contribution >= 0.6 is 11.8 Å². The standard InChI is InChI=1S/C27H27FN2S/c1-18-6-4-5-7-26(18)31-19(2)14-21-8-9-22-15-25-20(16-27(21,22)3)17-29-30(25)24-12-10-23(28)11-13-24/h4-7,10-13,15,17,21H,2,8-9,14,16H2,1,3H3/t21?,27-/m1/s1. The van der Waals surface area contributed by atoms with Gasteiger partial charge in [-0.15, -0.1) is 0 Å². The van der Waals surface area contributed by atoms with E-state index in [1.807, 2.05) is 22.6 Å². The fourth-order valence-corrected chi connectivity index (χ4v) is 6.16. The SMILES string of the molecule is C=C(CC1CCC2=Cc3c(cnn3-c3ccc(F)cc3)C[C@@]21C)Sc1ccccc1C. The van der Waals surface area contributed by atoms with E-state index < -0.39 is 0 Å². The Balaban J connectivity index is 1.37. The smallest absolute Gasteiger partial charge is 0.123 e. The first-order valence-electron chi connectivity index (χ1n) is 10.9. The summed E-state index contributed by atoms with van der Waals surface area (Å²) in [7, 11) is 0. The fraction of sp³-hybridized carbons (Fsp3) is 0.296. The summed E-state index contributed by atoms with van der Waals surface area (Å²) in [4.78, 5) is 2.55. The summed E-state index contributed by atoms with van der Waals surface area (Å²) < 4.78 is 15.3. The molecule has 5 rings (SSSR count). The van der Waals surface area contributed by atoms with Crippen molar-refractivity contribution in [3.8, 4) is 5.69 Å². The van der Waals surface area contributed by atoms with Crippen LogP contribution in [0.25, 0.3) is 11.8 Å². The summed E-state index contributed by atoms with van der Waals surface area (Å²) in [5, 5.41) is 4.64. The van der Waals surface area contributed by atoms with Gasteiger partial charge >= 0.3 is 0 Å². The molecule has 4 heteroatoms. The maximum atomic E-state index is 13.4. The minimum atomic E-state index is -0.224. The highest BCUT2D eigenvalue weighted by Crippen LogP contribution is 2.55. The van der Waals surface area contributed by atoms with Crippen LogP contribution in [0.2, 0.25) is 0 Å². The van der Waals surface area contributed by atoms with Crippen molar-refractivity contribution in [2.75, 3.05) is 0 Å². The van der Waals surface area contributed by atoms with Gasteiger partial charge in [-0.2, -0.15) is 5.10 Å². The number of aryl methyl sites for hydroxylation is 1. The molecule has 31 heavy (non-hydrogen) atoms. The highest BCUT2D eigenvalue weighted by atomic mass is 32.2. The molecule has 1 aromatic heterocycles. The number of aromatic nitrogens is 2. The fourth-order valence-electron chi connectivity index (χ4n) is 5.19. The second-order valence-electron chi connectivity index (χ2n) is 9.05. The lowest BCUT2D eigenvalue weighted by Crippen LogP contribution is -2.29. The molecule has 0 bridgehead atoms. The number of fused-ring (bicyclic) bond motifs is 2. The van der Waals surface area contributed by atoms with Crippen LogP contribution < -0.4 is 0 Å². The lowest BCUT2D eigenvalue weighted by Gasteiger charge is -2.36. The van der Waals surface area contributed by atoms with Crippen LogP contribution in [0.4, 0.5) is 4.39 Å². The predicted octanol–water partition coefficient (Wildman–Crippen LogP) is 7.37. The average Bonchev–Trinajstić information content (AvgIpc) is 3.29. The highest BCUT2D eigenvalue weighted by Gasteiger charge is 2.45. The Morgan fingerprint density at radius 3 is 2.77 bits per heavy atom. The van der Waals surface area contributed by atoms with Gasteiger partial charge in [0.1, 0.15) is 5.82 Å². The number of hydrogen-bond acceptors (Lipinski definition) is 2. The molecule has 2 atom stereocenters. The molecular formula is C27H27FN2S. The molecule has 2 aliphatic rings. The van der Waals surface area contributed by atoms with Gasteiger partial charge in [-0.25, -0.2) is 9.07 Å². The first-order valence-corrected chi connectivity index (χ1v) is 11.7. The second kappa shape index (κ2) is 7.83. The lowest BCUT2D eigenvalue weighted by molar-refractivity contribution is 0.272. The van der Waals surface area contributed by atoms with E-state index in [-0.39, 0.29) is 11.2 Å². The molecule has 0 amide bonds. The van der Waals surface area contributed by atoms with Crippen molar-refractivity contribution in [3.05, 3.63) is 94.4 Å². The summed E-state index contributed by atoms with van der Waals surface area (Å²) in [6.07, 6.45) is 8.69. The van der Waals surface area contributed by atoms with Crippen LogP contribution in [0.5, 0.6) is 0 Å². The monoisotopic (exact) mass is 430 g/mol. The average molecular weight is 431 g/mol. The summed E-state index contributed by atoms with van der Waals surface area (Å²) >= 11 is 1.82. The zero-order valence-corrected chi connectivity index (χ0v) is 18.9. The molecule has 2 nitrogen and oxygen atoms in total. The van der Waals surface area contributed by atoms with E-state index in [0.29, 0.717) is 5.92 Å². The summed E-state index contributed by atoms with van der Waals surface area (Å²) in [5.74, 6) is 0.364. The summed E-state index contributed by atoms with van der Waals surface area (Å²) in [6.45, 7) is 8.99. The first kappa shape index (κ1) is 20.3. The van der Waals surface area contributed by atoms with Crippen LogP contribution in [0, 0.1) is 24.1 Å². The van der Waals surface area contributed by atoms with E-state index in [0.717, 1.165) is 30.6 Å². The van der Waals surface area contributed by atoms with Gasteiger partial charge < -0.3 is 0 Å². The van der Waals surface area contributed by atoms with Gasteiger partial charge in [0.05, 0.1) is 17.6 Å². The molecule has 1 unspecified atom stereocenters. The van der Waals surface area contributed by atoms with Crippen LogP contribution in [-0.4, -0.2) is 9.78 Å². The molecule has 3 aromatic rings. The molecule has 0 aliphatic heterocycles. The number of hydrogen-bond donors (Lipinski definition) is 0. The molecule has 0 radical (unpaired) electrons. The summed E-state index contributed by atoms with van der Waals surface area (Å²) in [6, 6.07) is 15.1. The molecule has 0 N–H and O–H groups in total. The molecule has 2 aliphatic carbocycles. The first-order chi connectivity index (χ1) is 14.9. The molecule has 0 saturated heterocycles. The molecule has 1 heterocycles. The van der Waals surface area contributed by atoms with Crippen LogP contribution in [0.3, 0.4) is 0 Å². The predicted molar refractivity (Wildman–Crippen MR) is 127 cm³/mol. The van der Waals surface area contributed by atoms with Gasteiger partial charge in [0.15, 0.2) is 0 Å². The number of nitrogens with zero attached hydrogens (tertiary/aromatic N) is 2. The Morgan fingerprint density at radius 2 is 2.00 bits per heavy atom. The van der Waals surface area contributed by atoms with E-state index in [1.54, 1.807) is 12.1 Å². The second-order valence-corrected chi connectivity index (χ2v) is 10.3. The Kier molecular flexibility index (Phi) is 5.13. The normalized spacial score (nSPS) is 22.0. The van der Waals surface area contributed by atoms with Gasteiger partial charge in [-0.1, -0.05) is 49.0 Å². The number of rotatable bonds is 5. The third kappa shape index (κ3) is 3.67. The molecule has 0 spiro atoms. The largest absolute Gasteiger partial charge is 0.233 e. The van der Waals surface area contributed by atoms with E-state index in [1.165, 1.54) is 45.1 Å². The molecule has 158 valence electrons. The van der Waals surface area contributed by atoms with Crippen LogP contribution in [0.15, 0.2) is 76.7 Å². The van der Waals surface area contributed by atoms with Crippen LogP contribution in [-0.2, 0) is 6.42 Å². The van der Waals surface area contributed by atoms with Crippen molar-refractivity contribution < 1.29 is 4.39 Å². The summed E-state index contributed by atoms with van der Waals surface area (Å²) in [5.41, 5.74) is 6.30. The maximum absolute atomic E-state index is 13.4. The topological polar surface area (TPSA) is 17.8 Å². The minimum absolute atomic E-state index is 0.152. The Labute approximate surface area is 187 Å². The van der Waals surface area contributed by atoms with Crippen LogP contribution in [0.1, 0.15) is 43.0 Å². The molecule has 1 fully saturated rings. The van der Waals surface area contributed by atoms with Crippen molar-refractivity contribution in [1.82, 2.24) is 9.78 Å². The van der Waals surface area contributed by atoms with E-state index in [4.69, 9.17) is 0 Å². The van der Waals surface area contributed by atoms with Gasteiger partial charge in [0, 0.05) is 4.90 Å². The number of benzene rings is 2. The molecule has 1 saturated carbocycles. The third-order valence-electron chi connectivity index (χ3n) is 7.04.